The number of aromatic nitrogens is 1. The van der Waals surface area contributed by atoms with Crippen molar-refractivity contribution >= 4 is 50.4 Å². The highest BCUT2D eigenvalue weighted by Crippen LogP contribution is 2.68. The third kappa shape index (κ3) is 5.39. The Labute approximate surface area is 359 Å². The molecule has 60 heavy (non-hydrogen) atoms. The molecule has 9 rings (SSSR count). The standard InChI is InChI=1S/C46H57BrN4O9/c1-8-42(55)22-27-23-45(40(53)58-6,36-29(13-17-50(24-27)25-42)30-19-28(47)11-12-33(30)48-36)32-20-31-34(21-35(32)57-5)49(4)38-44(31)15-18-51-16-10-14-43(9-2,37(44)51)39(60-26(3)52)46(38,56)41(54)59-7/h10-12,14,19-21,27,37-39,48,55-56H,8-9,13,15-18,22-25H2,1-7H3/t27-,37-,38?,39+,42-,43+,44+,45-,46?/m0/s1. The molecule has 1 spiro atoms. The lowest BCUT2D eigenvalue weighted by Crippen LogP contribution is -2.81. The minimum atomic E-state index is -2.31. The minimum absolute atomic E-state index is 0.111. The number of nitrogens with zero attached hydrogens (tertiary/aromatic N) is 3. The van der Waals surface area contributed by atoms with Gasteiger partial charge < -0.3 is 39.0 Å². The van der Waals surface area contributed by atoms with Gasteiger partial charge in [0, 0.05) is 95.4 Å². The average molecular weight is 890 g/mol. The summed E-state index contributed by atoms with van der Waals surface area (Å²) in [7, 11) is 6.14. The van der Waals surface area contributed by atoms with Crippen molar-refractivity contribution in [3.05, 3.63) is 69.3 Å². The normalized spacial score (nSPS) is 36.6. The summed E-state index contributed by atoms with van der Waals surface area (Å²) in [5, 5.41) is 26.3. The molecular formula is C46H57BrN4O9. The molecule has 2 saturated heterocycles. The maximum Gasteiger partial charge on any atom is 0.344 e. The number of H-pyrrole nitrogens is 1. The fourth-order valence-electron chi connectivity index (χ4n) is 13.5. The zero-order valence-corrected chi connectivity index (χ0v) is 37.2. The van der Waals surface area contributed by atoms with Crippen LogP contribution in [0.1, 0.15) is 75.3 Å². The van der Waals surface area contributed by atoms with Crippen molar-refractivity contribution in [2.45, 2.75) is 99.5 Å². The molecule has 6 aliphatic rings. The molecule has 6 heterocycles. The highest BCUT2D eigenvalue weighted by atomic mass is 79.9. The van der Waals surface area contributed by atoms with E-state index in [9.17, 15) is 19.8 Å². The largest absolute Gasteiger partial charge is 0.496 e. The fraction of sp³-hybridized carbons (Fsp3) is 0.587. The van der Waals surface area contributed by atoms with E-state index in [0.29, 0.717) is 82.6 Å². The van der Waals surface area contributed by atoms with Crippen LogP contribution in [0.15, 0.2) is 47.0 Å². The zero-order valence-electron chi connectivity index (χ0n) is 35.6. The number of halogens is 1. The Kier molecular flexibility index (Phi) is 9.87. The lowest BCUT2D eigenvalue weighted by molar-refractivity contribution is -0.228. The first kappa shape index (κ1) is 41.4. The topological polar surface area (TPSA) is 154 Å². The molecule has 2 aromatic carbocycles. The number of hydrogen-bond acceptors (Lipinski definition) is 12. The number of nitrogens with one attached hydrogen (secondary N) is 1. The SMILES string of the molecule is CC[C@]1(O)C[C@@H]2CN(CCc3c([nH]c4ccc(Br)cc34)[C@@](C(=O)OC)(c3cc4c(cc3OC)N(C)C3C(O)(C(=O)OC)[C@H](OC(C)=O)[C@]5(CC)C=CCN6CC[C@]43[C@@H]65)C2)C1. The summed E-state index contributed by atoms with van der Waals surface area (Å²) < 4.78 is 24.9. The van der Waals surface area contributed by atoms with E-state index >= 15 is 4.79 Å². The highest BCUT2D eigenvalue weighted by Gasteiger charge is 2.80. The van der Waals surface area contributed by atoms with Gasteiger partial charge in [-0.3, -0.25) is 19.4 Å². The third-order valence-corrected chi connectivity index (χ3v) is 16.1. The summed E-state index contributed by atoms with van der Waals surface area (Å²) >= 11 is 3.71. The fourth-order valence-corrected chi connectivity index (χ4v) is 13.9. The van der Waals surface area contributed by atoms with Gasteiger partial charge in [0.1, 0.15) is 11.2 Å². The van der Waals surface area contributed by atoms with Gasteiger partial charge in [-0.25, -0.2) is 4.79 Å². The van der Waals surface area contributed by atoms with E-state index in [1.165, 1.54) is 21.1 Å². The van der Waals surface area contributed by atoms with Gasteiger partial charge >= 0.3 is 17.9 Å². The summed E-state index contributed by atoms with van der Waals surface area (Å²) in [4.78, 5) is 53.3. The second-order valence-corrected chi connectivity index (χ2v) is 19.3. The zero-order chi connectivity index (χ0) is 42.7. The Balaban J connectivity index is 1.37. The number of likely N-dealkylation sites (N-methyl/N-ethyl adjacent to an activating group) is 1. The summed E-state index contributed by atoms with van der Waals surface area (Å²) in [5.74, 6) is -1.60. The molecule has 1 aliphatic carbocycles. The predicted octanol–water partition coefficient (Wildman–Crippen LogP) is 4.75. The first-order valence-corrected chi connectivity index (χ1v) is 22.1. The van der Waals surface area contributed by atoms with Gasteiger partial charge in [-0.2, -0.15) is 0 Å². The van der Waals surface area contributed by atoms with Crippen molar-refractivity contribution in [3.63, 3.8) is 0 Å². The highest BCUT2D eigenvalue weighted by molar-refractivity contribution is 9.10. The smallest absolute Gasteiger partial charge is 0.344 e. The third-order valence-electron chi connectivity index (χ3n) is 15.7. The van der Waals surface area contributed by atoms with Gasteiger partial charge in [-0.05, 0) is 86.4 Å². The number of aliphatic hydroxyl groups is 2. The Bertz CT molecular complexity index is 2320. The molecule has 5 aliphatic heterocycles. The molecule has 0 radical (unpaired) electrons. The molecule has 1 aromatic heterocycles. The van der Waals surface area contributed by atoms with Gasteiger partial charge in [0.05, 0.1) is 33.0 Å². The van der Waals surface area contributed by atoms with Gasteiger partial charge in [0.25, 0.3) is 0 Å². The number of carbonyl (C=O) groups excluding carboxylic acids is 3. The van der Waals surface area contributed by atoms with Crippen LogP contribution in [-0.2, 0) is 45.8 Å². The van der Waals surface area contributed by atoms with Crippen molar-refractivity contribution < 1.29 is 43.5 Å². The number of carbonyl (C=O) groups is 3. The lowest BCUT2D eigenvalue weighted by Gasteiger charge is -2.63. The van der Waals surface area contributed by atoms with Crippen LogP contribution in [0.4, 0.5) is 5.69 Å². The maximum absolute atomic E-state index is 15.4. The van der Waals surface area contributed by atoms with Crippen molar-refractivity contribution in [3.8, 4) is 5.75 Å². The summed E-state index contributed by atoms with van der Waals surface area (Å²) in [5.41, 5.74) is -1.76. The molecule has 14 heteroatoms. The number of methoxy groups -OCH3 is 3. The van der Waals surface area contributed by atoms with Crippen molar-refractivity contribution in [1.82, 2.24) is 14.8 Å². The second kappa shape index (κ2) is 14.3. The Morgan fingerprint density at radius 3 is 2.42 bits per heavy atom. The molecule has 10 atom stereocenters. The molecule has 3 aromatic rings. The number of rotatable bonds is 7. The number of hydrogen-bond donors (Lipinski definition) is 3. The first-order chi connectivity index (χ1) is 28.6. The maximum atomic E-state index is 15.4. The van der Waals surface area contributed by atoms with Crippen LogP contribution in [-0.4, -0.2) is 133 Å². The number of piperidine rings is 1. The first-order valence-electron chi connectivity index (χ1n) is 21.3. The van der Waals surface area contributed by atoms with E-state index < -0.39 is 57.5 Å². The number of fused-ring (bicyclic) bond motifs is 6. The summed E-state index contributed by atoms with van der Waals surface area (Å²) in [6.07, 6.45) is 5.88. The van der Waals surface area contributed by atoms with Crippen LogP contribution in [0.3, 0.4) is 0 Å². The number of ether oxygens (including phenoxy) is 4. The van der Waals surface area contributed by atoms with E-state index in [0.717, 1.165) is 37.9 Å². The Morgan fingerprint density at radius 1 is 0.967 bits per heavy atom. The van der Waals surface area contributed by atoms with Gasteiger partial charge in [-0.15, -0.1) is 0 Å². The van der Waals surface area contributed by atoms with Gasteiger partial charge in [-0.1, -0.05) is 41.9 Å². The molecule has 3 fully saturated rings. The monoisotopic (exact) mass is 888 g/mol. The van der Waals surface area contributed by atoms with Gasteiger partial charge in [0.2, 0.25) is 5.60 Å². The predicted molar refractivity (Wildman–Crippen MR) is 228 cm³/mol. The molecular weight excluding hydrogens is 832 g/mol. The minimum Gasteiger partial charge on any atom is -0.496 e. The molecule has 3 unspecified atom stereocenters. The number of benzene rings is 2. The summed E-state index contributed by atoms with van der Waals surface area (Å²) in [6, 6.07) is 8.91. The molecule has 322 valence electrons. The second-order valence-electron chi connectivity index (χ2n) is 18.3. The van der Waals surface area contributed by atoms with Crippen LogP contribution in [0, 0.1) is 11.3 Å². The van der Waals surface area contributed by atoms with Crippen molar-refractivity contribution in [1.29, 1.82) is 0 Å². The Morgan fingerprint density at radius 2 is 1.73 bits per heavy atom. The van der Waals surface area contributed by atoms with Gasteiger partial charge in [0.15, 0.2) is 6.10 Å². The quantitative estimate of drug-likeness (QED) is 0.171. The molecule has 3 N–H and O–H groups in total. The molecule has 0 amide bonds. The molecule has 13 nitrogen and oxygen atoms in total. The summed E-state index contributed by atoms with van der Waals surface area (Å²) in [6.45, 7) is 8.57. The number of anilines is 1. The molecule has 2 bridgehead atoms. The number of aromatic amines is 1. The molecule has 1 saturated carbocycles. The average Bonchev–Trinajstić information content (AvgIpc) is 3.89. The van der Waals surface area contributed by atoms with Crippen LogP contribution in [0.25, 0.3) is 10.9 Å². The van der Waals surface area contributed by atoms with Crippen LogP contribution < -0.4 is 9.64 Å². The Hall–Kier alpha value is -3.95. The van der Waals surface area contributed by atoms with E-state index in [4.69, 9.17) is 18.9 Å². The van der Waals surface area contributed by atoms with Crippen molar-refractivity contribution in [2.24, 2.45) is 11.3 Å². The van der Waals surface area contributed by atoms with Crippen LogP contribution in [0.2, 0.25) is 0 Å². The van der Waals surface area contributed by atoms with E-state index in [-0.39, 0.29) is 12.0 Å². The van der Waals surface area contributed by atoms with Crippen LogP contribution >= 0.6 is 15.9 Å². The van der Waals surface area contributed by atoms with E-state index in [1.54, 1.807) is 7.11 Å². The van der Waals surface area contributed by atoms with E-state index in [1.807, 2.05) is 50.1 Å². The van der Waals surface area contributed by atoms with E-state index in [2.05, 4.69) is 48.9 Å². The number of esters is 3. The lowest BCUT2D eigenvalue weighted by atomic mass is 9.47. The van der Waals surface area contributed by atoms with Crippen molar-refractivity contribution in [2.75, 3.05) is 66.0 Å². The van der Waals surface area contributed by atoms with Crippen LogP contribution in [0.5, 0.6) is 5.75 Å².